The van der Waals surface area contributed by atoms with Crippen molar-refractivity contribution in [1.82, 2.24) is 5.32 Å². The Labute approximate surface area is 91.9 Å². The first kappa shape index (κ1) is 12.1. The molecule has 0 aromatic rings. The van der Waals surface area contributed by atoms with Gasteiger partial charge in [-0.2, -0.15) is 0 Å². The van der Waals surface area contributed by atoms with E-state index < -0.39 is 5.60 Å². The molecule has 0 unspecified atom stereocenters. The van der Waals surface area contributed by atoms with E-state index in [2.05, 4.69) is 5.32 Å². The van der Waals surface area contributed by atoms with Crippen LogP contribution in [0.15, 0.2) is 11.8 Å². The van der Waals surface area contributed by atoms with Gasteiger partial charge in [0, 0.05) is 6.20 Å². The van der Waals surface area contributed by atoms with Crippen LogP contribution >= 0.6 is 0 Å². The average Bonchev–Trinajstić information content (AvgIpc) is 2.14. The van der Waals surface area contributed by atoms with Crippen LogP contribution in [0.4, 0.5) is 4.79 Å². The van der Waals surface area contributed by atoms with Gasteiger partial charge in [-0.3, -0.25) is 5.32 Å². The molecular formula is C12H21NO2. The number of allylic oxidation sites excluding steroid dienone is 1. The fourth-order valence-corrected chi connectivity index (χ4v) is 1.62. The molecule has 3 nitrogen and oxygen atoms in total. The Morgan fingerprint density at radius 2 is 1.87 bits per heavy atom. The first-order valence-electron chi connectivity index (χ1n) is 5.65. The quantitative estimate of drug-likeness (QED) is 0.722. The number of ether oxygens (including phenoxy) is 1. The van der Waals surface area contributed by atoms with Gasteiger partial charge in [-0.15, -0.1) is 0 Å². The maximum absolute atomic E-state index is 11.3. The third-order valence-electron chi connectivity index (χ3n) is 2.29. The normalized spacial score (nSPS) is 17.1. The van der Waals surface area contributed by atoms with Crippen LogP contribution in [0.5, 0.6) is 0 Å². The summed E-state index contributed by atoms with van der Waals surface area (Å²) < 4.78 is 5.13. The van der Waals surface area contributed by atoms with Crippen molar-refractivity contribution in [3.63, 3.8) is 0 Å². The lowest BCUT2D eigenvalue weighted by atomic mass is 9.96. The molecule has 1 rings (SSSR count). The number of hydrogen-bond donors (Lipinski definition) is 1. The van der Waals surface area contributed by atoms with Crippen LogP contribution in [0.1, 0.15) is 52.9 Å². The summed E-state index contributed by atoms with van der Waals surface area (Å²) in [6.45, 7) is 5.58. The molecule has 0 aliphatic heterocycles. The van der Waals surface area contributed by atoms with Gasteiger partial charge in [0.15, 0.2) is 0 Å². The molecule has 0 atom stereocenters. The highest BCUT2D eigenvalue weighted by Gasteiger charge is 2.15. The van der Waals surface area contributed by atoms with E-state index >= 15 is 0 Å². The SMILES string of the molecule is CC(C)(C)OC(=O)NC=C1CCCCC1. The number of hydrogen-bond acceptors (Lipinski definition) is 2. The number of nitrogens with one attached hydrogen (secondary N) is 1. The molecule has 0 heterocycles. The minimum atomic E-state index is -0.421. The summed E-state index contributed by atoms with van der Waals surface area (Å²) in [5.74, 6) is 0. The van der Waals surface area contributed by atoms with Crippen molar-refractivity contribution < 1.29 is 9.53 Å². The summed E-state index contributed by atoms with van der Waals surface area (Å²) >= 11 is 0. The second kappa shape index (κ2) is 5.19. The molecule has 0 spiro atoms. The summed E-state index contributed by atoms with van der Waals surface area (Å²) in [5, 5.41) is 2.69. The molecule has 0 bridgehead atoms. The minimum absolute atomic E-state index is 0.361. The Morgan fingerprint density at radius 3 is 2.40 bits per heavy atom. The average molecular weight is 211 g/mol. The first-order valence-corrected chi connectivity index (χ1v) is 5.65. The molecular weight excluding hydrogens is 190 g/mol. The minimum Gasteiger partial charge on any atom is -0.444 e. The number of rotatable bonds is 1. The van der Waals surface area contributed by atoms with Crippen LogP contribution in [-0.2, 0) is 4.74 Å². The molecule has 0 aromatic carbocycles. The molecule has 1 amide bonds. The van der Waals surface area contributed by atoms with Gasteiger partial charge in [0.25, 0.3) is 0 Å². The molecule has 1 aliphatic carbocycles. The summed E-state index contributed by atoms with van der Waals surface area (Å²) in [4.78, 5) is 11.3. The maximum Gasteiger partial charge on any atom is 0.411 e. The Hall–Kier alpha value is -0.990. The van der Waals surface area contributed by atoms with Gasteiger partial charge in [0.05, 0.1) is 0 Å². The van der Waals surface area contributed by atoms with Crippen molar-refractivity contribution in [2.24, 2.45) is 0 Å². The first-order chi connectivity index (χ1) is 6.97. The Balaban J connectivity index is 2.32. The Bertz CT molecular complexity index is 243. The Kier molecular flexibility index (Phi) is 4.18. The van der Waals surface area contributed by atoms with Crippen molar-refractivity contribution in [3.05, 3.63) is 11.8 Å². The highest BCUT2D eigenvalue weighted by molar-refractivity contribution is 5.68. The monoisotopic (exact) mass is 211 g/mol. The fourth-order valence-electron chi connectivity index (χ4n) is 1.62. The number of carbonyl (C=O) groups is 1. The van der Waals surface area contributed by atoms with Crippen molar-refractivity contribution in [3.8, 4) is 0 Å². The lowest BCUT2D eigenvalue weighted by molar-refractivity contribution is 0.0551. The predicted molar refractivity (Wildman–Crippen MR) is 60.5 cm³/mol. The van der Waals surface area contributed by atoms with Gasteiger partial charge < -0.3 is 4.74 Å². The maximum atomic E-state index is 11.3. The zero-order valence-electron chi connectivity index (χ0n) is 9.93. The lowest BCUT2D eigenvalue weighted by Crippen LogP contribution is -2.30. The molecule has 3 heteroatoms. The van der Waals surface area contributed by atoms with Crippen LogP contribution < -0.4 is 5.32 Å². The van der Waals surface area contributed by atoms with E-state index in [4.69, 9.17) is 4.74 Å². The lowest BCUT2D eigenvalue weighted by Gasteiger charge is -2.19. The van der Waals surface area contributed by atoms with Crippen LogP contribution in [0.2, 0.25) is 0 Å². The topological polar surface area (TPSA) is 38.3 Å². The van der Waals surface area contributed by atoms with Crippen LogP contribution in [0.25, 0.3) is 0 Å². The molecule has 1 N–H and O–H groups in total. The summed E-state index contributed by atoms with van der Waals surface area (Å²) in [6.07, 6.45) is 7.45. The zero-order chi connectivity index (χ0) is 11.3. The highest BCUT2D eigenvalue weighted by atomic mass is 16.6. The second-order valence-corrected chi connectivity index (χ2v) is 5.01. The van der Waals surface area contributed by atoms with Crippen molar-refractivity contribution in [1.29, 1.82) is 0 Å². The van der Waals surface area contributed by atoms with E-state index in [9.17, 15) is 4.79 Å². The number of carbonyl (C=O) groups excluding carboxylic acids is 1. The fraction of sp³-hybridized carbons (Fsp3) is 0.750. The van der Waals surface area contributed by atoms with Crippen LogP contribution in [-0.4, -0.2) is 11.7 Å². The number of amides is 1. The van der Waals surface area contributed by atoms with E-state index in [0.29, 0.717) is 0 Å². The second-order valence-electron chi connectivity index (χ2n) is 5.01. The van der Waals surface area contributed by atoms with Crippen LogP contribution in [0.3, 0.4) is 0 Å². The van der Waals surface area contributed by atoms with E-state index in [1.54, 1.807) is 0 Å². The van der Waals surface area contributed by atoms with Gasteiger partial charge in [-0.1, -0.05) is 12.0 Å². The van der Waals surface area contributed by atoms with Gasteiger partial charge in [-0.25, -0.2) is 4.79 Å². The zero-order valence-corrected chi connectivity index (χ0v) is 9.93. The summed E-state index contributed by atoms with van der Waals surface area (Å²) in [7, 11) is 0. The standard InChI is InChI=1S/C12H21NO2/c1-12(2,3)15-11(14)13-9-10-7-5-4-6-8-10/h9H,4-8H2,1-3H3,(H,13,14). The largest absolute Gasteiger partial charge is 0.444 e. The predicted octanol–water partition coefficient (Wildman–Crippen LogP) is 3.36. The van der Waals surface area contributed by atoms with Gasteiger partial charge in [-0.05, 0) is 46.5 Å². The van der Waals surface area contributed by atoms with E-state index in [-0.39, 0.29) is 6.09 Å². The van der Waals surface area contributed by atoms with Gasteiger partial charge in [0.1, 0.15) is 5.60 Å². The molecule has 86 valence electrons. The molecule has 0 aromatic heterocycles. The molecule has 1 fully saturated rings. The molecule has 15 heavy (non-hydrogen) atoms. The summed E-state index contributed by atoms with van der Waals surface area (Å²) in [5.41, 5.74) is 0.905. The van der Waals surface area contributed by atoms with Crippen molar-refractivity contribution >= 4 is 6.09 Å². The third kappa shape index (κ3) is 5.45. The van der Waals surface area contributed by atoms with Crippen molar-refractivity contribution in [2.75, 3.05) is 0 Å². The highest BCUT2D eigenvalue weighted by Crippen LogP contribution is 2.21. The number of alkyl carbamates (subject to hydrolysis) is 1. The molecule has 0 saturated heterocycles. The van der Waals surface area contributed by atoms with E-state index in [1.807, 2.05) is 27.0 Å². The molecule has 0 radical (unpaired) electrons. The van der Waals surface area contributed by atoms with Gasteiger partial charge >= 0.3 is 6.09 Å². The Morgan fingerprint density at radius 1 is 1.27 bits per heavy atom. The third-order valence-corrected chi connectivity index (χ3v) is 2.29. The smallest absolute Gasteiger partial charge is 0.411 e. The van der Waals surface area contributed by atoms with E-state index in [0.717, 1.165) is 12.8 Å². The van der Waals surface area contributed by atoms with E-state index in [1.165, 1.54) is 24.8 Å². The summed E-state index contributed by atoms with van der Waals surface area (Å²) in [6, 6.07) is 0. The van der Waals surface area contributed by atoms with Crippen LogP contribution in [0, 0.1) is 0 Å². The van der Waals surface area contributed by atoms with Gasteiger partial charge in [0.2, 0.25) is 0 Å². The molecule has 1 aliphatic rings. The van der Waals surface area contributed by atoms with Crippen molar-refractivity contribution in [2.45, 2.75) is 58.5 Å². The molecule has 1 saturated carbocycles.